The molecule has 11 rings (SSSR count). The summed E-state index contributed by atoms with van der Waals surface area (Å²) in [5.41, 5.74) is 4.39. The van der Waals surface area contributed by atoms with E-state index in [9.17, 15) is 9.59 Å². The average Bonchev–Trinajstić information content (AvgIpc) is 3.82. The molecule has 65 heavy (non-hydrogen) atoms. The van der Waals surface area contributed by atoms with Crippen LogP contribution in [0.15, 0.2) is 92.4 Å². The van der Waals surface area contributed by atoms with E-state index in [0.717, 1.165) is 128 Å². The number of hydrogen-bond donors (Lipinski definition) is 0. The third-order valence-electron chi connectivity index (χ3n) is 14.8. The van der Waals surface area contributed by atoms with Crippen LogP contribution in [0.2, 0.25) is 0 Å². The number of unbranched alkanes of at least 4 members (excludes halogenated alkanes) is 3. The summed E-state index contributed by atoms with van der Waals surface area (Å²) in [5, 5.41) is 10.6. The SMILES string of the molecule is C=C[C@H]1CN2CC[C@H]1C[C@H]2[C@H](OC(=O)CCCCCCn1cc(CCC(=O)O[C@H](c2ccnc3ccc(OC)cc23)[C@@H]2C[C@@H]3CCN2C[C@@H]3C=C)nn1)c1ccnc2ccc(OC)cc12. The number of carbonyl (C=O) groups is 2. The summed E-state index contributed by atoms with van der Waals surface area (Å²) in [5.74, 6) is 3.04. The summed E-state index contributed by atoms with van der Waals surface area (Å²) in [7, 11) is 3.32. The zero-order valence-corrected chi connectivity index (χ0v) is 37.9. The minimum absolute atomic E-state index is 0.0627. The Labute approximate surface area is 382 Å². The van der Waals surface area contributed by atoms with Gasteiger partial charge in [0.2, 0.25) is 0 Å². The van der Waals surface area contributed by atoms with E-state index in [1.807, 2.05) is 65.6 Å². The van der Waals surface area contributed by atoms with Crippen molar-refractivity contribution >= 4 is 33.7 Å². The molecule has 2 unspecified atom stereocenters. The second kappa shape index (κ2) is 20.2. The molecule has 6 saturated heterocycles. The first-order valence-corrected chi connectivity index (χ1v) is 23.7. The van der Waals surface area contributed by atoms with Crippen molar-refractivity contribution in [1.82, 2.24) is 34.8 Å². The van der Waals surface area contributed by atoms with E-state index in [0.29, 0.717) is 43.1 Å². The minimum Gasteiger partial charge on any atom is -0.497 e. The van der Waals surface area contributed by atoms with E-state index in [2.05, 4.69) is 55.4 Å². The maximum absolute atomic E-state index is 13.7. The van der Waals surface area contributed by atoms with Crippen LogP contribution in [0.25, 0.3) is 21.8 Å². The summed E-state index contributed by atoms with van der Waals surface area (Å²) in [4.78, 5) is 41.5. The Balaban J connectivity index is 0.766. The van der Waals surface area contributed by atoms with E-state index in [1.54, 1.807) is 20.4 Å². The number of piperidine rings is 6. The monoisotopic (exact) mass is 881 g/mol. The largest absolute Gasteiger partial charge is 0.497 e. The zero-order chi connectivity index (χ0) is 44.9. The van der Waals surface area contributed by atoms with Crippen LogP contribution < -0.4 is 9.47 Å². The first-order valence-electron chi connectivity index (χ1n) is 23.7. The third-order valence-corrected chi connectivity index (χ3v) is 14.8. The highest BCUT2D eigenvalue weighted by atomic mass is 16.5. The number of carbonyl (C=O) groups excluding carboxylic acids is 2. The lowest BCUT2D eigenvalue weighted by Gasteiger charge is -2.51. The average molecular weight is 882 g/mol. The first-order chi connectivity index (χ1) is 31.8. The Hall–Kier alpha value is -5.66. The number of methoxy groups -OCH3 is 2. The fourth-order valence-electron chi connectivity index (χ4n) is 11.2. The smallest absolute Gasteiger partial charge is 0.306 e. The zero-order valence-electron chi connectivity index (χ0n) is 37.9. The van der Waals surface area contributed by atoms with Crippen molar-refractivity contribution in [3.8, 4) is 11.5 Å². The van der Waals surface area contributed by atoms with Gasteiger partial charge in [0.1, 0.15) is 23.7 Å². The van der Waals surface area contributed by atoms with Crippen molar-refractivity contribution in [3.63, 3.8) is 0 Å². The normalized spacial score (nSPS) is 25.5. The van der Waals surface area contributed by atoms with Gasteiger partial charge in [-0.25, -0.2) is 0 Å². The van der Waals surface area contributed by atoms with Gasteiger partial charge in [0.25, 0.3) is 0 Å². The van der Waals surface area contributed by atoms with Crippen LogP contribution in [0.3, 0.4) is 0 Å². The van der Waals surface area contributed by atoms with Crippen LogP contribution in [0.5, 0.6) is 11.5 Å². The van der Waals surface area contributed by atoms with Crippen LogP contribution in [0.4, 0.5) is 0 Å². The summed E-state index contributed by atoms with van der Waals surface area (Å²) < 4.78 is 25.9. The number of aromatic nitrogens is 5. The van der Waals surface area contributed by atoms with Gasteiger partial charge in [-0.05, 0) is 124 Å². The number of pyridine rings is 2. The third kappa shape index (κ3) is 9.82. The molecule has 4 bridgehead atoms. The number of benzene rings is 2. The summed E-state index contributed by atoms with van der Waals surface area (Å²) in [6.45, 7) is 12.8. The van der Waals surface area contributed by atoms with Crippen molar-refractivity contribution in [2.24, 2.45) is 23.7 Å². The standard InChI is InChI=1S/C52H63N7O6/c1-5-34-31-57-25-20-36(34)27-47(57)51(41-18-22-53-45-15-13-39(62-3)29-43(41)45)64-49(60)11-9-7-8-10-24-59-33-38(55-56-59)12-17-50(61)65-52(48-28-37-21-26-58(48)32-35(37)6-2)42-19-23-54-46-16-14-40(63-4)30-44(42)46/h5-6,13-16,18-19,22-23,29-30,33-37,47-48,51-52H,1-2,7-12,17,20-21,24-28,31-32H2,3-4H3/t34-,35-,36-,37-,47-,48-,51+,52+/m0/s1. The summed E-state index contributed by atoms with van der Waals surface area (Å²) >= 11 is 0. The van der Waals surface area contributed by atoms with Crippen molar-refractivity contribution < 1.29 is 28.5 Å². The number of ether oxygens (including phenoxy) is 4. The van der Waals surface area contributed by atoms with E-state index in [1.165, 1.54) is 0 Å². The second-order valence-electron chi connectivity index (χ2n) is 18.5. The molecule has 0 amide bonds. The Kier molecular flexibility index (Phi) is 13.9. The topological polar surface area (TPSA) is 134 Å². The van der Waals surface area contributed by atoms with E-state index < -0.39 is 12.2 Å². The predicted octanol–water partition coefficient (Wildman–Crippen LogP) is 8.64. The van der Waals surface area contributed by atoms with Gasteiger partial charge in [-0.1, -0.05) is 30.2 Å². The molecule has 6 aliphatic rings. The molecular weight excluding hydrogens is 819 g/mol. The molecule has 0 saturated carbocycles. The fourth-order valence-corrected chi connectivity index (χ4v) is 11.2. The molecule has 0 spiro atoms. The van der Waals surface area contributed by atoms with Gasteiger partial charge in [-0.15, -0.1) is 18.3 Å². The van der Waals surface area contributed by atoms with Crippen molar-refractivity contribution in [2.75, 3.05) is 40.4 Å². The number of rotatable bonds is 20. The van der Waals surface area contributed by atoms with Crippen LogP contribution in [-0.2, 0) is 32.0 Å². The molecule has 0 aliphatic carbocycles. The molecule has 10 atom stereocenters. The van der Waals surface area contributed by atoms with Gasteiger partial charge >= 0.3 is 11.9 Å². The van der Waals surface area contributed by atoms with Gasteiger partial charge in [-0.3, -0.25) is 34.0 Å². The van der Waals surface area contributed by atoms with Crippen molar-refractivity contribution in [1.29, 1.82) is 0 Å². The van der Waals surface area contributed by atoms with Crippen LogP contribution >= 0.6 is 0 Å². The molecular formula is C52H63N7O6. The predicted molar refractivity (Wildman–Crippen MR) is 249 cm³/mol. The van der Waals surface area contributed by atoms with Gasteiger partial charge in [0.05, 0.1) is 49.5 Å². The maximum atomic E-state index is 13.7. The van der Waals surface area contributed by atoms with Crippen molar-refractivity contribution in [3.05, 3.63) is 109 Å². The van der Waals surface area contributed by atoms with E-state index >= 15 is 0 Å². The lowest BCUT2D eigenvalue weighted by atomic mass is 9.73. The number of aryl methyl sites for hydroxylation is 2. The highest BCUT2D eigenvalue weighted by Crippen LogP contribution is 2.45. The molecule has 13 nitrogen and oxygen atoms in total. The number of nitrogens with zero attached hydrogens (tertiary/aromatic N) is 7. The molecule has 6 fully saturated rings. The van der Waals surface area contributed by atoms with Crippen LogP contribution in [0, 0.1) is 23.7 Å². The molecule has 342 valence electrons. The van der Waals surface area contributed by atoms with E-state index in [-0.39, 0.29) is 30.4 Å². The molecule has 13 heteroatoms. The fraction of sp³-hybridized carbons (Fsp3) is 0.500. The molecule has 2 aromatic carbocycles. The number of hydrogen-bond acceptors (Lipinski definition) is 12. The quantitative estimate of drug-likeness (QED) is 0.0421. The lowest BCUT2D eigenvalue weighted by Crippen LogP contribution is -2.55. The molecule has 9 heterocycles. The molecule has 0 radical (unpaired) electrons. The maximum Gasteiger partial charge on any atom is 0.306 e. The van der Waals surface area contributed by atoms with Crippen LogP contribution in [-0.4, -0.2) is 99.2 Å². The number of fused-ring (bicyclic) bond motifs is 8. The Morgan fingerprint density at radius 3 is 1.77 bits per heavy atom. The lowest BCUT2D eigenvalue weighted by molar-refractivity contribution is -0.158. The minimum atomic E-state index is -0.450. The summed E-state index contributed by atoms with van der Waals surface area (Å²) in [6.07, 6.45) is 17.5. The van der Waals surface area contributed by atoms with Gasteiger partial charge < -0.3 is 18.9 Å². The first kappa shape index (κ1) is 44.5. The van der Waals surface area contributed by atoms with Gasteiger partial charge in [0, 0.05) is 73.0 Å². The highest BCUT2D eigenvalue weighted by molar-refractivity contribution is 5.85. The van der Waals surface area contributed by atoms with Crippen LogP contribution in [0.1, 0.15) is 93.2 Å². The van der Waals surface area contributed by atoms with E-state index in [4.69, 9.17) is 18.9 Å². The Bertz CT molecular complexity index is 2490. The van der Waals surface area contributed by atoms with Gasteiger partial charge in [0.15, 0.2) is 0 Å². The Morgan fingerprint density at radius 1 is 0.723 bits per heavy atom. The van der Waals surface area contributed by atoms with Crippen molar-refractivity contribution in [2.45, 2.75) is 101 Å². The molecule has 6 aliphatic heterocycles. The number of esters is 2. The Morgan fingerprint density at radius 2 is 1.26 bits per heavy atom. The second-order valence-corrected chi connectivity index (χ2v) is 18.5. The molecule has 3 aromatic heterocycles. The molecule has 0 N–H and O–H groups in total. The molecule has 5 aromatic rings. The summed E-state index contributed by atoms with van der Waals surface area (Å²) in [6, 6.07) is 15.9. The highest BCUT2D eigenvalue weighted by Gasteiger charge is 2.46. The van der Waals surface area contributed by atoms with Gasteiger partial charge in [-0.2, -0.15) is 0 Å².